The van der Waals surface area contributed by atoms with E-state index in [4.69, 9.17) is 35.7 Å². The summed E-state index contributed by atoms with van der Waals surface area (Å²) in [5, 5.41) is 19.4. The van der Waals surface area contributed by atoms with Gasteiger partial charge >= 0.3 is 0 Å². The molecule has 2 fully saturated rings. The lowest BCUT2D eigenvalue weighted by Crippen LogP contribution is -2.34. The lowest BCUT2D eigenvalue weighted by Gasteiger charge is -2.15. The van der Waals surface area contributed by atoms with E-state index in [1.165, 1.54) is 0 Å². The molecule has 2 aliphatic heterocycles. The van der Waals surface area contributed by atoms with Gasteiger partial charge in [-0.05, 0) is 37.3 Å². The molecule has 10 heteroatoms. The van der Waals surface area contributed by atoms with Crippen LogP contribution in [0.25, 0.3) is 22.4 Å². The van der Waals surface area contributed by atoms with Gasteiger partial charge in [-0.2, -0.15) is 4.98 Å². The number of fused-ring (bicyclic) bond motifs is 2. The van der Waals surface area contributed by atoms with E-state index in [0.717, 1.165) is 5.56 Å². The first kappa shape index (κ1) is 20.5. The zero-order valence-corrected chi connectivity index (χ0v) is 17.5. The summed E-state index contributed by atoms with van der Waals surface area (Å²) >= 11 is 6.47. The van der Waals surface area contributed by atoms with Crippen molar-refractivity contribution in [3.8, 4) is 23.0 Å². The summed E-state index contributed by atoms with van der Waals surface area (Å²) < 4.78 is 22.7. The third-order valence-corrected chi connectivity index (χ3v) is 5.66. The molecule has 0 spiro atoms. The van der Waals surface area contributed by atoms with Crippen molar-refractivity contribution in [2.45, 2.75) is 37.4 Å². The highest BCUT2D eigenvalue weighted by Gasteiger charge is 2.48. The van der Waals surface area contributed by atoms with Crippen molar-refractivity contribution in [3.63, 3.8) is 0 Å². The molecular weight excluding hydrogens is 426 g/mol. The number of halogens is 1. The zero-order chi connectivity index (χ0) is 21.5. The third-order valence-electron chi connectivity index (χ3n) is 5.37. The molecule has 0 radical (unpaired) electrons. The highest BCUT2D eigenvalue weighted by atomic mass is 35.5. The maximum Gasteiger partial charge on any atom is 0.296 e. The van der Waals surface area contributed by atoms with Gasteiger partial charge < -0.3 is 34.1 Å². The lowest BCUT2D eigenvalue weighted by molar-refractivity contribution is 0.00706. The van der Waals surface area contributed by atoms with Gasteiger partial charge in [-0.1, -0.05) is 11.6 Å². The molecule has 3 N–H and O–H groups in total. The monoisotopic (exact) mass is 447 g/mol. The van der Waals surface area contributed by atoms with Crippen LogP contribution in [0.2, 0.25) is 5.02 Å². The molecule has 5 rings (SSSR count). The second kappa shape index (κ2) is 8.25. The van der Waals surface area contributed by atoms with E-state index in [2.05, 4.69) is 15.0 Å². The molecule has 2 aliphatic rings. The summed E-state index contributed by atoms with van der Waals surface area (Å²) in [5.41, 5.74) is 2.50. The molecule has 0 saturated carbocycles. The van der Waals surface area contributed by atoms with Gasteiger partial charge in [0.25, 0.3) is 6.01 Å². The minimum absolute atomic E-state index is 0.0591. The Labute approximate surface area is 182 Å². The average Bonchev–Trinajstić information content (AvgIpc) is 3.45. The largest absolute Gasteiger partial charge is 0.488 e. The second-order valence-corrected chi connectivity index (χ2v) is 8.09. The average molecular weight is 448 g/mol. The molecule has 0 aliphatic carbocycles. The highest BCUT2D eigenvalue weighted by molar-refractivity contribution is 6.33. The van der Waals surface area contributed by atoms with Crippen molar-refractivity contribution in [2.75, 3.05) is 19.8 Å². The summed E-state index contributed by atoms with van der Waals surface area (Å²) in [6.07, 6.45) is -2.00. The smallest absolute Gasteiger partial charge is 0.296 e. The van der Waals surface area contributed by atoms with Crippen LogP contribution in [0.4, 0.5) is 0 Å². The number of aliphatic hydroxyl groups excluding tert-OH is 2. The molecule has 1 aromatic carbocycles. The molecule has 2 saturated heterocycles. The lowest BCUT2D eigenvalue weighted by atomic mass is 10.1. The van der Waals surface area contributed by atoms with Crippen LogP contribution in [0, 0.1) is 0 Å². The zero-order valence-electron chi connectivity index (χ0n) is 16.7. The molecule has 3 aromatic rings. The number of imidazole rings is 1. The van der Waals surface area contributed by atoms with Crippen LogP contribution in [0.15, 0.2) is 30.3 Å². The number of aromatic nitrogens is 3. The van der Waals surface area contributed by atoms with E-state index >= 15 is 0 Å². The van der Waals surface area contributed by atoms with E-state index in [0.29, 0.717) is 34.2 Å². The number of H-pyrrole nitrogens is 1. The summed E-state index contributed by atoms with van der Waals surface area (Å²) in [4.78, 5) is 12.1. The molecule has 0 bridgehead atoms. The fourth-order valence-corrected chi connectivity index (χ4v) is 4.06. The van der Waals surface area contributed by atoms with Gasteiger partial charge in [0.05, 0.1) is 36.1 Å². The van der Waals surface area contributed by atoms with E-state index in [1.54, 1.807) is 25.1 Å². The molecule has 2 aromatic heterocycles. The first-order valence-corrected chi connectivity index (χ1v) is 10.4. The van der Waals surface area contributed by atoms with Crippen molar-refractivity contribution in [2.24, 2.45) is 0 Å². The first-order chi connectivity index (χ1) is 15.0. The maximum absolute atomic E-state index is 9.87. The molecule has 31 heavy (non-hydrogen) atoms. The number of aliphatic hydroxyl groups is 2. The Kier molecular flexibility index (Phi) is 5.45. The number of benzene rings is 1. The number of rotatable bonds is 6. The summed E-state index contributed by atoms with van der Waals surface area (Å²) in [5.74, 6) is 0.647. The van der Waals surface area contributed by atoms with Crippen LogP contribution in [0.3, 0.4) is 0 Å². The summed E-state index contributed by atoms with van der Waals surface area (Å²) in [7, 11) is 0. The van der Waals surface area contributed by atoms with Crippen LogP contribution < -0.4 is 9.47 Å². The van der Waals surface area contributed by atoms with Gasteiger partial charge in [-0.15, -0.1) is 0 Å². The van der Waals surface area contributed by atoms with Crippen molar-refractivity contribution < 1.29 is 29.2 Å². The van der Waals surface area contributed by atoms with Gasteiger partial charge in [-0.25, -0.2) is 4.98 Å². The normalized spacial score (nSPS) is 26.2. The van der Waals surface area contributed by atoms with Gasteiger partial charge in [0.2, 0.25) is 0 Å². The summed E-state index contributed by atoms with van der Waals surface area (Å²) in [6, 6.07) is 9.34. The molecule has 1 unspecified atom stereocenters. The fraction of sp³-hybridized carbons (Fsp3) is 0.429. The van der Waals surface area contributed by atoms with E-state index in [9.17, 15) is 5.11 Å². The Bertz CT molecular complexity index is 1070. The number of aromatic amines is 1. The number of nitrogens with zero attached hydrogens (tertiary/aromatic N) is 2. The minimum atomic E-state index is -0.638. The SMILES string of the molecule is CC(CO)Oc1ccc(-c2nc3nc(O[C@@H]4CO[C@H]5[C@@H]4OC[C@H]5O)[nH]c3cc2Cl)cc1. The van der Waals surface area contributed by atoms with Crippen LogP contribution >= 0.6 is 11.6 Å². The molecule has 164 valence electrons. The Morgan fingerprint density at radius 3 is 2.74 bits per heavy atom. The molecular formula is C21H22ClN3O6. The van der Waals surface area contributed by atoms with E-state index in [1.807, 2.05) is 12.1 Å². The fourth-order valence-electron chi connectivity index (χ4n) is 3.80. The Morgan fingerprint density at radius 2 is 1.97 bits per heavy atom. The van der Waals surface area contributed by atoms with Crippen molar-refractivity contribution in [1.29, 1.82) is 0 Å². The van der Waals surface area contributed by atoms with Crippen LogP contribution in [-0.2, 0) is 9.47 Å². The number of nitrogens with one attached hydrogen (secondary N) is 1. The Morgan fingerprint density at radius 1 is 1.19 bits per heavy atom. The minimum Gasteiger partial charge on any atom is -0.488 e. The molecule has 4 heterocycles. The number of ether oxygens (including phenoxy) is 4. The maximum atomic E-state index is 9.87. The van der Waals surface area contributed by atoms with Gasteiger partial charge in [0, 0.05) is 5.56 Å². The standard InChI is InChI=1S/C21H22ClN3O6/c1-10(7-26)30-12-4-2-11(3-5-12)17-13(22)6-14-20(24-17)25-21(23-14)31-16-9-29-18-15(27)8-28-19(16)18/h2-6,10,15-16,18-19,26-27H,7-9H2,1H3,(H,23,24,25)/t10?,15-,16-,18-,19-/m1/s1. The molecule has 9 nitrogen and oxygen atoms in total. The number of pyridine rings is 1. The number of hydrogen-bond donors (Lipinski definition) is 3. The van der Waals surface area contributed by atoms with Crippen molar-refractivity contribution >= 4 is 22.8 Å². The van der Waals surface area contributed by atoms with E-state index in [-0.39, 0.29) is 43.6 Å². The summed E-state index contributed by atoms with van der Waals surface area (Å²) in [6.45, 7) is 2.28. The molecule has 5 atom stereocenters. The van der Waals surface area contributed by atoms with Crippen molar-refractivity contribution in [3.05, 3.63) is 35.4 Å². The van der Waals surface area contributed by atoms with Gasteiger partial charge in [-0.3, -0.25) is 0 Å². The number of hydrogen-bond acceptors (Lipinski definition) is 8. The van der Waals surface area contributed by atoms with Crippen molar-refractivity contribution in [1.82, 2.24) is 15.0 Å². The van der Waals surface area contributed by atoms with Gasteiger partial charge in [0.15, 0.2) is 11.8 Å². The molecule has 0 amide bonds. The predicted octanol–water partition coefficient (Wildman–Crippen LogP) is 1.94. The van der Waals surface area contributed by atoms with Gasteiger partial charge in [0.1, 0.15) is 30.2 Å². The van der Waals surface area contributed by atoms with Crippen LogP contribution in [0.5, 0.6) is 11.8 Å². The second-order valence-electron chi connectivity index (χ2n) is 7.69. The third kappa shape index (κ3) is 3.95. The predicted molar refractivity (Wildman–Crippen MR) is 111 cm³/mol. The first-order valence-electron chi connectivity index (χ1n) is 10.0. The van der Waals surface area contributed by atoms with E-state index < -0.39 is 6.10 Å². The van der Waals surface area contributed by atoms with Crippen LogP contribution in [-0.4, -0.2) is 75.5 Å². The van der Waals surface area contributed by atoms with Crippen LogP contribution in [0.1, 0.15) is 6.92 Å². The highest BCUT2D eigenvalue weighted by Crippen LogP contribution is 2.32. The topological polar surface area (TPSA) is 119 Å². The Hall–Kier alpha value is -2.43. The Balaban J connectivity index is 1.36. The quantitative estimate of drug-likeness (QED) is 0.524.